The van der Waals surface area contributed by atoms with Crippen LogP contribution in [0.1, 0.15) is 11.1 Å². The van der Waals surface area contributed by atoms with E-state index in [1.54, 1.807) is 12.1 Å². The fraction of sp³-hybridized carbons (Fsp3) is 0.240. The van der Waals surface area contributed by atoms with E-state index in [0.29, 0.717) is 58.8 Å². The predicted octanol–water partition coefficient (Wildman–Crippen LogP) is 3.82. The van der Waals surface area contributed by atoms with E-state index in [1.807, 2.05) is 30.3 Å². The predicted molar refractivity (Wildman–Crippen MR) is 135 cm³/mol. The molecule has 0 spiro atoms. The number of nitriles is 1. The number of rotatable bonds is 7. The van der Waals surface area contributed by atoms with Crippen molar-refractivity contribution in [2.45, 2.75) is 0 Å². The molecule has 1 fully saturated rings. The van der Waals surface area contributed by atoms with Gasteiger partial charge < -0.3 is 20.5 Å². The van der Waals surface area contributed by atoms with E-state index in [2.05, 4.69) is 37.2 Å². The molecule has 0 bridgehead atoms. The molecule has 1 aromatic heterocycles. The number of nitrogens with zero attached hydrogens (tertiary/aromatic N) is 3. The van der Waals surface area contributed by atoms with Gasteiger partial charge >= 0.3 is 0 Å². The molecular weight excluding hydrogens is 498 g/mol. The smallest absolute Gasteiger partial charge is 0.249 e. The van der Waals surface area contributed by atoms with E-state index in [0.717, 1.165) is 23.2 Å². The molecule has 0 atom stereocenters. The van der Waals surface area contributed by atoms with Gasteiger partial charge in [-0.3, -0.25) is 14.7 Å². The van der Waals surface area contributed by atoms with Gasteiger partial charge in [0.25, 0.3) is 0 Å². The molecule has 0 radical (unpaired) electrons. The number of hydrogen-bond acceptors (Lipinski definition) is 7. The summed E-state index contributed by atoms with van der Waals surface area (Å²) >= 11 is 3.47. The molecule has 9 heteroatoms. The summed E-state index contributed by atoms with van der Waals surface area (Å²) in [5.41, 5.74) is 9.07. The molecule has 3 aromatic rings. The molecular formula is C25H24BrN5O3. The number of aromatic nitrogens is 1. The largest absolute Gasteiger partial charge is 0.496 e. The Morgan fingerprint density at radius 3 is 2.82 bits per heavy atom. The van der Waals surface area contributed by atoms with Crippen molar-refractivity contribution in [2.24, 2.45) is 5.73 Å². The first-order chi connectivity index (χ1) is 16.5. The Balaban J connectivity index is 1.84. The fourth-order valence-electron chi connectivity index (χ4n) is 3.88. The van der Waals surface area contributed by atoms with Gasteiger partial charge in [-0.05, 0) is 24.3 Å². The molecule has 8 nitrogen and oxygen atoms in total. The summed E-state index contributed by atoms with van der Waals surface area (Å²) < 4.78 is 11.9. The van der Waals surface area contributed by atoms with Crippen molar-refractivity contribution in [2.75, 3.05) is 45.3 Å². The third-order valence-electron chi connectivity index (χ3n) is 5.62. The summed E-state index contributed by atoms with van der Waals surface area (Å²) in [6, 6.07) is 13.4. The zero-order valence-electron chi connectivity index (χ0n) is 18.7. The first kappa shape index (κ1) is 23.7. The van der Waals surface area contributed by atoms with Gasteiger partial charge in [-0.2, -0.15) is 5.26 Å². The van der Waals surface area contributed by atoms with Gasteiger partial charge in [0.15, 0.2) is 0 Å². The third kappa shape index (κ3) is 5.20. The van der Waals surface area contributed by atoms with Gasteiger partial charge in [0.1, 0.15) is 11.8 Å². The summed E-state index contributed by atoms with van der Waals surface area (Å²) in [5.74, 6) is -0.0815. The average Bonchev–Trinajstić information content (AvgIpc) is 2.84. The van der Waals surface area contributed by atoms with E-state index < -0.39 is 5.91 Å². The van der Waals surface area contributed by atoms with Crippen LogP contribution in [0.25, 0.3) is 16.5 Å². The Kier molecular flexibility index (Phi) is 7.43. The first-order valence-electron chi connectivity index (χ1n) is 10.7. The number of methoxy groups -OCH3 is 1. The van der Waals surface area contributed by atoms with E-state index in [4.69, 9.17) is 15.2 Å². The lowest BCUT2D eigenvalue weighted by molar-refractivity contribution is -0.112. The van der Waals surface area contributed by atoms with Crippen molar-refractivity contribution in [3.05, 3.63) is 64.3 Å². The minimum absolute atomic E-state index is 0.348. The highest BCUT2D eigenvalue weighted by Crippen LogP contribution is 2.36. The van der Waals surface area contributed by atoms with Crippen molar-refractivity contribution in [3.63, 3.8) is 0 Å². The second kappa shape index (κ2) is 10.7. The molecule has 1 aliphatic rings. The topological polar surface area (TPSA) is 114 Å². The van der Waals surface area contributed by atoms with Gasteiger partial charge in [0, 0.05) is 58.6 Å². The molecule has 2 heterocycles. The van der Waals surface area contributed by atoms with E-state index in [-0.39, 0.29) is 0 Å². The van der Waals surface area contributed by atoms with E-state index in [1.165, 1.54) is 13.3 Å². The zero-order valence-corrected chi connectivity index (χ0v) is 20.3. The Labute approximate surface area is 206 Å². The highest BCUT2D eigenvalue weighted by molar-refractivity contribution is 9.10. The van der Waals surface area contributed by atoms with Crippen LogP contribution in [0.3, 0.4) is 0 Å². The van der Waals surface area contributed by atoms with Crippen LogP contribution in [0, 0.1) is 11.3 Å². The number of fused-ring (bicyclic) bond motifs is 1. The van der Waals surface area contributed by atoms with Crippen LogP contribution in [0.5, 0.6) is 5.75 Å². The Morgan fingerprint density at radius 1 is 1.35 bits per heavy atom. The number of benzene rings is 2. The van der Waals surface area contributed by atoms with Crippen molar-refractivity contribution in [1.82, 2.24) is 9.88 Å². The van der Waals surface area contributed by atoms with Crippen LogP contribution in [0.15, 0.2) is 53.1 Å². The second-order valence-corrected chi connectivity index (χ2v) is 8.67. The Bertz CT molecular complexity index is 1300. The van der Waals surface area contributed by atoms with Gasteiger partial charge in [-0.25, -0.2) is 0 Å². The van der Waals surface area contributed by atoms with Crippen LogP contribution in [0.2, 0.25) is 0 Å². The maximum atomic E-state index is 12.5. The molecule has 0 aliphatic carbocycles. The Morgan fingerprint density at radius 2 is 2.15 bits per heavy atom. The number of morpholine rings is 1. The van der Waals surface area contributed by atoms with Crippen molar-refractivity contribution >= 4 is 49.7 Å². The lowest BCUT2D eigenvalue weighted by Gasteiger charge is -2.25. The van der Waals surface area contributed by atoms with E-state index in [9.17, 15) is 10.1 Å². The fourth-order valence-corrected chi connectivity index (χ4v) is 4.28. The molecule has 4 rings (SSSR count). The lowest BCUT2D eigenvalue weighted by Crippen LogP contribution is -2.36. The minimum Gasteiger partial charge on any atom is -0.496 e. The SMILES string of the molecule is COc1cc2ncc(C#N)c(Nc3cccc(Br)c3)c2cc1C(=CCN1CCOCC1)C(N)=O. The number of nitrogens with two attached hydrogens (primary N) is 1. The quantitative estimate of drug-likeness (QED) is 0.454. The highest BCUT2D eigenvalue weighted by atomic mass is 79.9. The maximum Gasteiger partial charge on any atom is 0.249 e. The number of primary amides is 1. The van der Waals surface area contributed by atoms with Gasteiger partial charge in [-0.1, -0.05) is 28.1 Å². The molecule has 1 amide bonds. The van der Waals surface area contributed by atoms with Crippen molar-refractivity contribution in [3.8, 4) is 11.8 Å². The monoisotopic (exact) mass is 521 g/mol. The highest BCUT2D eigenvalue weighted by Gasteiger charge is 2.19. The lowest BCUT2D eigenvalue weighted by atomic mass is 9.99. The molecule has 1 aliphatic heterocycles. The number of carbonyl (C=O) groups excluding carboxylic acids is 1. The zero-order chi connectivity index (χ0) is 24.1. The normalized spacial score (nSPS) is 14.6. The molecule has 0 unspecified atom stereocenters. The van der Waals surface area contributed by atoms with Gasteiger partial charge in [0.05, 0.1) is 37.1 Å². The number of carbonyl (C=O) groups is 1. The summed E-state index contributed by atoms with van der Waals surface area (Å²) in [6.45, 7) is 3.45. The molecule has 174 valence electrons. The number of amides is 1. The van der Waals surface area contributed by atoms with Crippen LogP contribution in [0.4, 0.5) is 11.4 Å². The van der Waals surface area contributed by atoms with Crippen LogP contribution >= 0.6 is 15.9 Å². The maximum absolute atomic E-state index is 12.5. The average molecular weight is 522 g/mol. The number of anilines is 2. The minimum atomic E-state index is -0.559. The summed E-state index contributed by atoms with van der Waals surface area (Å²) in [6.07, 6.45) is 3.34. The van der Waals surface area contributed by atoms with E-state index >= 15 is 0 Å². The number of nitrogens with one attached hydrogen (secondary N) is 1. The number of hydrogen-bond donors (Lipinski definition) is 2. The summed E-state index contributed by atoms with van der Waals surface area (Å²) in [5, 5.41) is 13.7. The number of ether oxygens (including phenoxy) is 2. The van der Waals surface area contributed by atoms with Gasteiger partial charge in [0.2, 0.25) is 5.91 Å². The van der Waals surface area contributed by atoms with Gasteiger partial charge in [-0.15, -0.1) is 0 Å². The van der Waals surface area contributed by atoms with Crippen LogP contribution < -0.4 is 15.8 Å². The molecule has 1 saturated heterocycles. The first-order valence-corrected chi connectivity index (χ1v) is 11.5. The Hall–Kier alpha value is -3.45. The van der Waals surface area contributed by atoms with Crippen LogP contribution in [-0.2, 0) is 9.53 Å². The van der Waals surface area contributed by atoms with Crippen molar-refractivity contribution in [1.29, 1.82) is 5.26 Å². The molecule has 2 aromatic carbocycles. The van der Waals surface area contributed by atoms with Crippen LogP contribution in [-0.4, -0.2) is 55.7 Å². The molecule has 0 saturated carbocycles. The second-order valence-electron chi connectivity index (χ2n) is 7.76. The number of halogens is 1. The molecule has 34 heavy (non-hydrogen) atoms. The number of pyridine rings is 1. The van der Waals surface area contributed by atoms with Crippen molar-refractivity contribution < 1.29 is 14.3 Å². The molecule has 3 N–H and O–H groups in total. The standard InChI is InChI=1S/C25H24BrN5O3/c1-33-23-13-22-21(12-20(23)19(25(28)32)5-6-31-7-9-34-10-8-31)24(16(14-27)15-29-22)30-18-4-2-3-17(26)11-18/h2-5,11-13,15H,6-10H2,1H3,(H2,28,32)(H,29,30). The summed E-state index contributed by atoms with van der Waals surface area (Å²) in [4.78, 5) is 19.1. The summed E-state index contributed by atoms with van der Waals surface area (Å²) in [7, 11) is 1.54. The third-order valence-corrected chi connectivity index (χ3v) is 6.11.